The average Bonchev–Trinajstić information content (AvgIpc) is 3.01. The van der Waals surface area contributed by atoms with E-state index in [0.29, 0.717) is 13.1 Å². The molecule has 1 saturated heterocycles. The van der Waals surface area contributed by atoms with Crippen molar-refractivity contribution >= 4 is 5.91 Å². The van der Waals surface area contributed by atoms with E-state index < -0.39 is 0 Å². The quantitative estimate of drug-likeness (QED) is 0.875. The predicted octanol–water partition coefficient (Wildman–Crippen LogP) is 2.32. The molecule has 4 heteroatoms. The van der Waals surface area contributed by atoms with E-state index in [1.807, 2.05) is 23.1 Å². The van der Waals surface area contributed by atoms with Crippen molar-refractivity contribution in [3.8, 4) is 0 Å². The SMILES string of the molecule is CCC(C)N(Cc1ccccc1)C(=O)C1CCC(CN)O1. The lowest BCUT2D eigenvalue weighted by Crippen LogP contribution is -2.44. The Morgan fingerprint density at radius 2 is 2.10 bits per heavy atom. The highest BCUT2D eigenvalue weighted by Gasteiger charge is 2.34. The molecule has 0 radical (unpaired) electrons. The molecular weight excluding hydrogens is 264 g/mol. The minimum Gasteiger partial charge on any atom is -0.364 e. The number of hydrogen-bond donors (Lipinski definition) is 1. The van der Waals surface area contributed by atoms with Gasteiger partial charge in [-0.2, -0.15) is 0 Å². The first-order valence-electron chi connectivity index (χ1n) is 7.85. The topological polar surface area (TPSA) is 55.6 Å². The molecule has 0 bridgehead atoms. The Kier molecular flexibility index (Phi) is 5.76. The zero-order chi connectivity index (χ0) is 15.2. The Labute approximate surface area is 127 Å². The maximum Gasteiger partial charge on any atom is 0.252 e. The molecule has 2 N–H and O–H groups in total. The van der Waals surface area contributed by atoms with Crippen molar-refractivity contribution in [1.29, 1.82) is 0 Å². The Bertz CT molecular complexity index is 449. The first kappa shape index (κ1) is 16.0. The van der Waals surface area contributed by atoms with Gasteiger partial charge < -0.3 is 15.4 Å². The molecule has 0 aromatic heterocycles. The smallest absolute Gasteiger partial charge is 0.252 e. The molecule has 1 fully saturated rings. The van der Waals surface area contributed by atoms with E-state index in [9.17, 15) is 4.79 Å². The van der Waals surface area contributed by atoms with Gasteiger partial charge in [-0.1, -0.05) is 37.3 Å². The van der Waals surface area contributed by atoms with Crippen LogP contribution >= 0.6 is 0 Å². The molecule has 1 aromatic carbocycles. The van der Waals surface area contributed by atoms with Gasteiger partial charge in [-0.05, 0) is 31.7 Å². The molecule has 3 atom stereocenters. The maximum atomic E-state index is 12.8. The van der Waals surface area contributed by atoms with Crippen LogP contribution in [0.25, 0.3) is 0 Å². The lowest BCUT2D eigenvalue weighted by Gasteiger charge is -2.31. The standard InChI is InChI=1S/C17H26N2O2/c1-3-13(2)19(12-14-7-5-4-6-8-14)17(20)16-10-9-15(11-18)21-16/h4-8,13,15-16H,3,9-12,18H2,1-2H3. The molecule has 1 heterocycles. The van der Waals surface area contributed by atoms with Crippen LogP contribution in [0.5, 0.6) is 0 Å². The van der Waals surface area contributed by atoms with Crippen molar-refractivity contribution in [2.24, 2.45) is 5.73 Å². The molecule has 3 unspecified atom stereocenters. The molecule has 4 nitrogen and oxygen atoms in total. The summed E-state index contributed by atoms with van der Waals surface area (Å²) in [4.78, 5) is 14.7. The normalized spacial score (nSPS) is 23.0. The highest BCUT2D eigenvalue weighted by molar-refractivity contribution is 5.81. The predicted molar refractivity (Wildman–Crippen MR) is 83.7 cm³/mol. The summed E-state index contributed by atoms with van der Waals surface area (Å²) in [6, 6.07) is 10.3. The maximum absolute atomic E-state index is 12.8. The second-order valence-corrected chi connectivity index (χ2v) is 5.77. The van der Waals surface area contributed by atoms with Gasteiger partial charge in [0.05, 0.1) is 6.10 Å². The van der Waals surface area contributed by atoms with E-state index in [0.717, 1.165) is 24.8 Å². The Hall–Kier alpha value is -1.39. The second kappa shape index (κ2) is 7.57. The Balaban J connectivity index is 2.07. The highest BCUT2D eigenvalue weighted by Crippen LogP contribution is 2.23. The van der Waals surface area contributed by atoms with Crippen LogP contribution in [-0.2, 0) is 16.1 Å². The van der Waals surface area contributed by atoms with E-state index in [1.165, 1.54) is 0 Å². The van der Waals surface area contributed by atoms with Gasteiger partial charge in [-0.15, -0.1) is 0 Å². The van der Waals surface area contributed by atoms with Crippen LogP contribution in [0.15, 0.2) is 30.3 Å². The minimum atomic E-state index is -0.323. The molecule has 0 saturated carbocycles. The summed E-state index contributed by atoms with van der Waals surface area (Å²) in [5.41, 5.74) is 6.78. The number of ether oxygens (including phenoxy) is 1. The molecule has 21 heavy (non-hydrogen) atoms. The third-order valence-electron chi connectivity index (χ3n) is 4.25. The van der Waals surface area contributed by atoms with Crippen LogP contribution in [-0.4, -0.2) is 35.6 Å². The Morgan fingerprint density at radius 3 is 2.67 bits per heavy atom. The zero-order valence-corrected chi connectivity index (χ0v) is 13.0. The van der Waals surface area contributed by atoms with Crippen molar-refractivity contribution in [2.45, 2.75) is 57.9 Å². The van der Waals surface area contributed by atoms with Crippen molar-refractivity contribution in [2.75, 3.05) is 6.54 Å². The summed E-state index contributed by atoms with van der Waals surface area (Å²) in [6.07, 6.45) is 2.31. The summed E-state index contributed by atoms with van der Waals surface area (Å²) in [6.45, 7) is 5.33. The van der Waals surface area contributed by atoms with Crippen molar-refractivity contribution in [3.63, 3.8) is 0 Å². The fourth-order valence-electron chi connectivity index (χ4n) is 2.70. The number of hydrogen-bond acceptors (Lipinski definition) is 3. The summed E-state index contributed by atoms with van der Waals surface area (Å²) in [5, 5.41) is 0. The number of rotatable bonds is 6. The number of nitrogens with zero attached hydrogens (tertiary/aromatic N) is 1. The van der Waals surface area contributed by atoms with E-state index >= 15 is 0 Å². The number of benzene rings is 1. The van der Waals surface area contributed by atoms with Gasteiger partial charge in [-0.3, -0.25) is 4.79 Å². The fraction of sp³-hybridized carbons (Fsp3) is 0.588. The van der Waals surface area contributed by atoms with Crippen LogP contribution < -0.4 is 5.73 Å². The number of carbonyl (C=O) groups excluding carboxylic acids is 1. The number of amides is 1. The summed E-state index contributed by atoms with van der Waals surface area (Å²) in [7, 11) is 0. The largest absolute Gasteiger partial charge is 0.364 e. The number of carbonyl (C=O) groups is 1. The van der Waals surface area contributed by atoms with Crippen molar-refractivity contribution < 1.29 is 9.53 Å². The third-order valence-corrected chi connectivity index (χ3v) is 4.25. The van der Waals surface area contributed by atoms with E-state index in [2.05, 4.69) is 26.0 Å². The first-order valence-corrected chi connectivity index (χ1v) is 7.85. The molecule has 0 spiro atoms. The van der Waals surface area contributed by atoms with Crippen molar-refractivity contribution in [1.82, 2.24) is 4.90 Å². The lowest BCUT2D eigenvalue weighted by atomic mass is 10.1. The van der Waals surface area contributed by atoms with E-state index in [4.69, 9.17) is 10.5 Å². The molecule has 1 aliphatic rings. The van der Waals surface area contributed by atoms with Gasteiger partial charge in [0, 0.05) is 19.1 Å². The average molecular weight is 290 g/mol. The summed E-state index contributed by atoms with van der Waals surface area (Å²) in [5.74, 6) is 0.101. The molecule has 0 aliphatic carbocycles. The van der Waals surface area contributed by atoms with Gasteiger partial charge in [0.15, 0.2) is 0 Å². The van der Waals surface area contributed by atoms with Crippen LogP contribution in [0.3, 0.4) is 0 Å². The van der Waals surface area contributed by atoms with E-state index in [1.54, 1.807) is 0 Å². The molecule has 116 valence electrons. The first-order chi connectivity index (χ1) is 10.2. The van der Waals surface area contributed by atoms with Gasteiger partial charge in [0.2, 0.25) is 0 Å². The molecule has 1 amide bonds. The minimum absolute atomic E-state index is 0.0365. The summed E-state index contributed by atoms with van der Waals surface area (Å²) < 4.78 is 5.77. The zero-order valence-electron chi connectivity index (χ0n) is 13.0. The lowest BCUT2D eigenvalue weighted by molar-refractivity contribution is -0.145. The Morgan fingerprint density at radius 1 is 1.38 bits per heavy atom. The fourth-order valence-corrected chi connectivity index (χ4v) is 2.70. The van der Waals surface area contributed by atoms with Crippen LogP contribution in [0, 0.1) is 0 Å². The van der Waals surface area contributed by atoms with Gasteiger partial charge in [-0.25, -0.2) is 0 Å². The van der Waals surface area contributed by atoms with Crippen LogP contribution in [0.4, 0.5) is 0 Å². The van der Waals surface area contributed by atoms with Gasteiger partial charge in [0.1, 0.15) is 6.10 Å². The summed E-state index contributed by atoms with van der Waals surface area (Å²) >= 11 is 0. The van der Waals surface area contributed by atoms with Gasteiger partial charge in [0.25, 0.3) is 5.91 Å². The van der Waals surface area contributed by atoms with Crippen LogP contribution in [0.1, 0.15) is 38.7 Å². The molecule has 2 rings (SSSR count). The molecular formula is C17H26N2O2. The number of nitrogens with two attached hydrogens (primary N) is 1. The molecule has 1 aromatic rings. The monoisotopic (exact) mass is 290 g/mol. The van der Waals surface area contributed by atoms with Crippen LogP contribution in [0.2, 0.25) is 0 Å². The third kappa shape index (κ3) is 4.05. The van der Waals surface area contributed by atoms with Gasteiger partial charge >= 0.3 is 0 Å². The molecule has 1 aliphatic heterocycles. The van der Waals surface area contributed by atoms with Crippen molar-refractivity contribution in [3.05, 3.63) is 35.9 Å². The van der Waals surface area contributed by atoms with E-state index in [-0.39, 0.29) is 24.2 Å². The highest BCUT2D eigenvalue weighted by atomic mass is 16.5. The second-order valence-electron chi connectivity index (χ2n) is 5.77.